The number of aromatic hydroxyl groups is 1. The van der Waals surface area contributed by atoms with Crippen LogP contribution in [0, 0.1) is 0 Å². The average molecular weight is 240 g/mol. The van der Waals surface area contributed by atoms with Crippen molar-refractivity contribution in [3.63, 3.8) is 0 Å². The molecule has 0 atom stereocenters. The van der Waals surface area contributed by atoms with E-state index in [0.29, 0.717) is 18.2 Å². The number of nitrogens with two attached hydrogens (primary N) is 1. The van der Waals surface area contributed by atoms with Crippen molar-refractivity contribution in [2.24, 2.45) is 5.14 Å². The van der Waals surface area contributed by atoms with Gasteiger partial charge in [-0.25, -0.2) is 13.6 Å². The summed E-state index contributed by atoms with van der Waals surface area (Å²) in [7, 11) is -4.26. The Labute approximate surface area is 83.6 Å². The Kier molecular flexibility index (Phi) is 2.70. The molecule has 0 bridgehead atoms. The maximum absolute atomic E-state index is 12.3. The van der Waals surface area contributed by atoms with Gasteiger partial charge in [-0.2, -0.15) is 0 Å². The summed E-state index contributed by atoms with van der Waals surface area (Å²) in [4.78, 5) is -0.767. The third kappa shape index (κ3) is 2.86. The molecule has 9 heteroatoms. The second-order valence-corrected chi connectivity index (χ2v) is 4.44. The Morgan fingerprint density at radius 3 is 2.13 bits per heavy atom. The van der Waals surface area contributed by atoms with Crippen molar-refractivity contribution < 1.29 is 26.5 Å². The molecule has 84 valence electrons. The van der Waals surface area contributed by atoms with Gasteiger partial charge in [-0.1, -0.05) is 6.07 Å². The minimum Gasteiger partial charge on any atom is -0.508 e. The predicted octanol–water partition coefficient (Wildman–Crippen LogP) is 0.0940. The molecule has 1 aromatic carbocycles. The molecule has 0 fully saturated rings. The SMILES string of the molecule is NS(=O)(=O)c1cc(O)cc([B-](F)(F)F)c1. The number of hydrogen-bond donors (Lipinski definition) is 2. The van der Waals surface area contributed by atoms with E-state index in [-0.39, 0.29) is 0 Å². The monoisotopic (exact) mass is 240 g/mol. The third-order valence-corrected chi connectivity index (χ3v) is 2.51. The van der Waals surface area contributed by atoms with E-state index in [0.717, 1.165) is 0 Å². The molecule has 0 spiro atoms. The van der Waals surface area contributed by atoms with Crippen molar-refractivity contribution >= 4 is 22.5 Å². The Morgan fingerprint density at radius 1 is 1.20 bits per heavy atom. The number of phenols is 1. The van der Waals surface area contributed by atoms with Gasteiger partial charge in [0.25, 0.3) is 0 Å². The first-order valence-electron chi connectivity index (χ1n) is 3.67. The van der Waals surface area contributed by atoms with Crippen LogP contribution in [0.5, 0.6) is 5.75 Å². The summed E-state index contributed by atoms with van der Waals surface area (Å²) < 4.78 is 58.3. The average Bonchev–Trinajstić information content (AvgIpc) is 1.99. The van der Waals surface area contributed by atoms with Crippen LogP contribution in [0.2, 0.25) is 0 Å². The molecule has 4 nitrogen and oxygen atoms in total. The number of benzene rings is 1. The summed E-state index contributed by atoms with van der Waals surface area (Å²) in [6.07, 6.45) is 0. The van der Waals surface area contributed by atoms with Gasteiger partial charge in [0.1, 0.15) is 5.75 Å². The highest BCUT2D eigenvalue weighted by Gasteiger charge is 2.27. The molecular weight excluding hydrogens is 234 g/mol. The van der Waals surface area contributed by atoms with E-state index in [1.165, 1.54) is 0 Å². The zero-order chi connectivity index (χ0) is 11.9. The maximum Gasteiger partial charge on any atom is 0.509 e. The zero-order valence-corrected chi connectivity index (χ0v) is 8.01. The van der Waals surface area contributed by atoms with Crippen LogP contribution in [-0.2, 0) is 10.0 Å². The highest BCUT2D eigenvalue weighted by atomic mass is 32.2. The van der Waals surface area contributed by atoms with Crippen molar-refractivity contribution in [2.45, 2.75) is 4.90 Å². The number of primary sulfonamides is 1. The summed E-state index contributed by atoms with van der Waals surface area (Å²) in [5, 5.41) is 13.5. The quantitative estimate of drug-likeness (QED) is 0.719. The molecule has 1 aromatic rings. The summed E-state index contributed by atoms with van der Waals surface area (Å²) in [5.74, 6) is -0.796. The molecule has 0 amide bonds. The van der Waals surface area contributed by atoms with Crippen LogP contribution < -0.4 is 10.6 Å². The molecule has 0 unspecified atom stereocenters. The standard InChI is InChI=1S/C6H6BF3NO3S/c8-7(9,10)4-1-5(12)3-6(2-4)15(11,13)14/h1-3,12H,(H2,11,13,14)/q-1. The molecule has 0 aromatic heterocycles. The molecule has 0 aliphatic carbocycles. The van der Waals surface area contributed by atoms with Gasteiger partial charge in [0.15, 0.2) is 0 Å². The fourth-order valence-electron chi connectivity index (χ4n) is 0.959. The summed E-state index contributed by atoms with van der Waals surface area (Å²) in [6.45, 7) is -5.38. The van der Waals surface area contributed by atoms with Crippen LogP contribution in [0.3, 0.4) is 0 Å². The number of sulfonamides is 1. The van der Waals surface area contributed by atoms with Crippen molar-refractivity contribution in [3.05, 3.63) is 18.2 Å². The zero-order valence-electron chi connectivity index (χ0n) is 7.19. The van der Waals surface area contributed by atoms with Crippen LogP contribution in [0.15, 0.2) is 23.1 Å². The summed E-state index contributed by atoms with van der Waals surface area (Å²) in [5.41, 5.74) is -1.21. The highest BCUT2D eigenvalue weighted by molar-refractivity contribution is 7.89. The van der Waals surface area contributed by atoms with Gasteiger partial charge < -0.3 is 18.1 Å². The molecular formula is C6H6BF3NO3S-. The van der Waals surface area contributed by atoms with Gasteiger partial charge in [-0.3, -0.25) is 0 Å². The van der Waals surface area contributed by atoms with Crippen LogP contribution in [-0.4, -0.2) is 20.5 Å². The Balaban J connectivity index is 3.43. The number of phenolic OH excluding ortho intramolecular Hbond substituents is 1. The predicted molar refractivity (Wildman–Crippen MR) is 48.2 cm³/mol. The molecule has 0 heterocycles. The van der Waals surface area contributed by atoms with Crippen LogP contribution in [0.25, 0.3) is 0 Å². The number of rotatable bonds is 2. The van der Waals surface area contributed by atoms with E-state index in [4.69, 9.17) is 5.11 Å². The molecule has 3 N–H and O–H groups in total. The minimum absolute atomic E-state index is 0.384. The van der Waals surface area contributed by atoms with Gasteiger partial charge in [0, 0.05) is 0 Å². The van der Waals surface area contributed by atoms with Crippen molar-refractivity contribution in [1.29, 1.82) is 0 Å². The molecule has 0 aliphatic heterocycles. The number of hydrogen-bond acceptors (Lipinski definition) is 3. The largest absolute Gasteiger partial charge is 0.509 e. The molecule has 0 saturated carbocycles. The van der Waals surface area contributed by atoms with Gasteiger partial charge in [0.2, 0.25) is 10.0 Å². The minimum atomic E-state index is -5.38. The normalized spacial score (nSPS) is 12.8. The van der Waals surface area contributed by atoms with E-state index in [9.17, 15) is 21.4 Å². The van der Waals surface area contributed by atoms with Gasteiger partial charge in [-0.05, 0) is 12.1 Å². The van der Waals surface area contributed by atoms with Crippen LogP contribution in [0.1, 0.15) is 0 Å². The Morgan fingerprint density at radius 2 is 1.73 bits per heavy atom. The molecule has 0 radical (unpaired) electrons. The Hall–Kier alpha value is -1.22. The lowest BCUT2D eigenvalue weighted by Gasteiger charge is -2.15. The first-order chi connectivity index (χ1) is 6.60. The first-order valence-corrected chi connectivity index (χ1v) is 5.22. The summed E-state index contributed by atoms with van der Waals surface area (Å²) in [6, 6.07) is 1.48. The van der Waals surface area contributed by atoms with Gasteiger partial charge in [-0.15, -0.1) is 5.46 Å². The van der Waals surface area contributed by atoms with Crippen molar-refractivity contribution in [2.75, 3.05) is 0 Å². The molecule has 1 rings (SSSR count). The number of halogens is 3. The lowest BCUT2D eigenvalue weighted by atomic mass is 9.80. The lowest BCUT2D eigenvalue weighted by molar-refractivity contribution is 0.470. The molecule has 0 saturated heterocycles. The fourth-order valence-corrected chi connectivity index (χ4v) is 1.54. The smallest absolute Gasteiger partial charge is 0.508 e. The fraction of sp³-hybridized carbons (Fsp3) is 0. The van der Waals surface area contributed by atoms with Crippen LogP contribution in [0.4, 0.5) is 12.9 Å². The highest BCUT2D eigenvalue weighted by Crippen LogP contribution is 2.18. The first kappa shape index (κ1) is 11.9. The lowest BCUT2D eigenvalue weighted by Crippen LogP contribution is -2.34. The third-order valence-electron chi connectivity index (χ3n) is 1.62. The second-order valence-electron chi connectivity index (χ2n) is 2.88. The van der Waals surface area contributed by atoms with Gasteiger partial charge in [0.05, 0.1) is 4.90 Å². The summed E-state index contributed by atoms with van der Waals surface area (Å²) >= 11 is 0. The molecule has 15 heavy (non-hydrogen) atoms. The van der Waals surface area contributed by atoms with E-state index < -0.39 is 33.1 Å². The van der Waals surface area contributed by atoms with Crippen molar-refractivity contribution in [1.82, 2.24) is 0 Å². The van der Waals surface area contributed by atoms with E-state index in [1.807, 2.05) is 0 Å². The van der Waals surface area contributed by atoms with Gasteiger partial charge >= 0.3 is 6.98 Å². The van der Waals surface area contributed by atoms with Crippen LogP contribution >= 0.6 is 0 Å². The van der Waals surface area contributed by atoms with Crippen molar-refractivity contribution in [3.8, 4) is 5.75 Å². The maximum atomic E-state index is 12.3. The van der Waals surface area contributed by atoms with E-state index in [1.54, 1.807) is 0 Å². The van der Waals surface area contributed by atoms with E-state index in [2.05, 4.69) is 5.14 Å². The second kappa shape index (κ2) is 3.42. The van der Waals surface area contributed by atoms with E-state index >= 15 is 0 Å². The molecule has 0 aliphatic rings. The Bertz CT molecular complexity index is 485. The topological polar surface area (TPSA) is 80.4 Å².